The van der Waals surface area contributed by atoms with Crippen LogP contribution >= 0.6 is 11.6 Å². The van der Waals surface area contributed by atoms with E-state index in [0.717, 1.165) is 18.4 Å². The molecule has 2 rings (SSSR count). The molecule has 106 valence electrons. The van der Waals surface area contributed by atoms with Crippen LogP contribution in [0.25, 0.3) is 0 Å². The van der Waals surface area contributed by atoms with Gasteiger partial charge >= 0.3 is 0 Å². The zero-order chi connectivity index (χ0) is 13.9. The van der Waals surface area contributed by atoms with Crippen molar-refractivity contribution >= 4 is 21.6 Å². The second-order valence-electron chi connectivity index (χ2n) is 4.92. The number of hydrogen-bond donors (Lipinski definition) is 1. The van der Waals surface area contributed by atoms with Gasteiger partial charge in [-0.05, 0) is 30.5 Å². The molecule has 1 N–H and O–H groups in total. The van der Waals surface area contributed by atoms with Crippen LogP contribution in [0.4, 0.5) is 0 Å². The number of sulfonamides is 1. The van der Waals surface area contributed by atoms with Crippen molar-refractivity contribution in [3.63, 3.8) is 0 Å². The summed E-state index contributed by atoms with van der Waals surface area (Å²) in [7, 11) is -1.77. The minimum atomic E-state index is -3.26. The number of halogens is 1. The number of rotatable bonds is 7. The lowest BCUT2D eigenvalue weighted by atomic mass is 9.96. The molecule has 1 aromatic rings. The minimum absolute atomic E-state index is 0.00484. The van der Waals surface area contributed by atoms with E-state index in [2.05, 4.69) is 4.72 Å². The molecule has 1 saturated carbocycles. The summed E-state index contributed by atoms with van der Waals surface area (Å²) < 4.78 is 30.9. The minimum Gasteiger partial charge on any atom is -0.384 e. The van der Waals surface area contributed by atoms with Crippen LogP contribution in [0.2, 0.25) is 5.02 Å². The van der Waals surface area contributed by atoms with E-state index in [1.54, 1.807) is 0 Å². The van der Waals surface area contributed by atoms with E-state index in [-0.39, 0.29) is 17.8 Å². The number of ether oxygens (including phenoxy) is 1. The average molecular weight is 304 g/mol. The third kappa shape index (κ3) is 3.92. The SMILES string of the molecule is COCCS(=O)(=O)NCC1(c2cccc(Cl)c2)CC1. The fourth-order valence-corrected chi connectivity index (χ4v) is 3.27. The van der Waals surface area contributed by atoms with Crippen molar-refractivity contribution in [3.05, 3.63) is 34.9 Å². The Balaban J connectivity index is 1.99. The zero-order valence-electron chi connectivity index (χ0n) is 10.9. The number of methoxy groups -OCH3 is 1. The standard InChI is InChI=1S/C13H18ClNO3S/c1-18-7-8-19(16,17)15-10-13(5-6-13)11-3-2-4-12(14)9-11/h2-4,9,15H,5-8,10H2,1H3. The Morgan fingerprint density at radius 3 is 2.74 bits per heavy atom. The number of benzene rings is 1. The zero-order valence-corrected chi connectivity index (χ0v) is 12.4. The van der Waals surface area contributed by atoms with Crippen LogP contribution in [-0.4, -0.2) is 34.4 Å². The molecule has 1 aromatic carbocycles. The first-order valence-corrected chi connectivity index (χ1v) is 8.23. The summed E-state index contributed by atoms with van der Waals surface area (Å²) in [5.41, 5.74) is 1.03. The van der Waals surface area contributed by atoms with Crippen molar-refractivity contribution in [1.82, 2.24) is 4.72 Å². The molecular weight excluding hydrogens is 286 g/mol. The average Bonchev–Trinajstić information content (AvgIpc) is 3.16. The van der Waals surface area contributed by atoms with E-state index in [4.69, 9.17) is 16.3 Å². The number of nitrogens with one attached hydrogen (secondary N) is 1. The van der Waals surface area contributed by atoms with E-state index in [1.807, 2.05) is 24.3 Å². The quantitative estimate of drug-likeness (QED) is 0.837. The predicted molar refractivity (Wildman–Crippen MR) is 76.0 cm³/mol. The Hall–Kier alpha value is -0.620. The second kappa shape index (κ2) is 5.79. The smallest absolute Gasteiger partial charge is 0.213 e. The molecule has 1 aliphatic carbocycles. The molecule has 0 bridgehead atoms. The third-order valence-electron chi connectivity index (χ3n) is 3.48. The molecule has 0 radical (unpaired) electrons. The van der Waals surface area contributed by atoms with Gasteiger partial charge in [-0.1, -0.05) is 23.7 Å². The summed E-state index contributed by atoms with van der Waals surface area (Å²) >= 11 is 5.98. The van der Waals surface area contributed by atoms with E-state index in [9.17, 15) is 8.42 Å². The van der Waals surface area contributed by atoms with Gasteiger partial charge in [-0.3, -0.25) is 0 Å². The summed E-state index contributed by atoms with van der Waals surface area (Å²) in [6.07, 6.45) is 1.97. The Kier molecular flexibility index (Phi) is 4.50. The topological polar surface area (TPSA) is 55.4 Å². The highest BCUT2D eigenvalue weighted by Crippen LogP contribution is 2.48. The third-order valence-corrected chi connectivity index (χ3v) is 5.00. The van der Waals surface area contributed by atoms with Crippen molar-refractivity contribution < 1.29 is 13.2 Å². The highest BCUT2D eigenvalue weighted by atomic mass is 35.5. The van der Waals surface area contributed by atoms with Crippen LogP contribution in [-0.2, 0) is 20.2 Å². The second-order valence-corrected chi connectivity index (χ2v) is 7.29. The Morgan fingerprint density at radius 2 is 2.16 bits per heavy atom. The fraction of sp³-hybridized carbons (Fsp3) is 0.538. The molecule has 0 saturated heterocycles. The molecule has 0 amide bonds. The molecule has 0 aromatic heterocycles. The normalized spacial score (nSPS) is 17.4. The van der Waals surface area contributed by atoms with Gasteiger partial charge in [0.05, 0.1) is 12.4 Å². The lowest BCUT2D eigenvalue weighted by Crippen LogP contribution is -2.34. The Morgan fingerprint density at radius 1 is 1.42 bits per heavy atom. The molecule has 0 unspecified atom stereocenters. The lowest BCUT2D eigenvalue weighted by molar-refractivity contribution is 0.217. The maximum Gasteiger partial charge on any atom is 0.213 e. The van der Waals surface area contributed by atoms with Gasteiger partial charge in [0.15, 0.2) is 0 Å². The summed E-state index contributed by atoms with van der Waals surface area (Å²) in [5, 5.41) is 0.686. The van der Waals surface area contributed by atoms with Crippen molar-refractivity contribution in [2.75, 3.05) is 26.0 Å². The van der Waals surface area contributed by atoms with Gasteiger partial charge in [-0.15, -0.1) is 0 Å². The van der Waals surface area contributed by atoms with E-state index in [1.165, 1.54) is 7.11 Å². The highest BCUT2D eigenvalue weighted by Gasteiger charge is 2.44. The molecule has 1 aliphatic rings. The summed E-state index contributed by atoms with van der Waals surface area (Å²) in [6, 6.07) is 7.64. The summed E-state index contributed by atoms with van der Waals surface area (Å²) in [6.45, 7) is 0.638. The van der Waals surface area contributed by atoms with Crippen LogP contribution in [0.15, 0.2) is 24.3 Å². The molecule has 4 nitrogen and oxygen atoms in total. The van der Waals surface area contributed by atoms with Crippen molar-refractivity contribution in [2.45, 2.75) is 18.3 Å². The van der Waals surface area contributed by atoms with Crippen molar-refractivity contribution in [1.29, 1.82) is 0 Å². The molecule has 0 aliphatic heterocycles. The summed E-state index contributed by atoms with van der Waals surface area (Å²) in [5.74, 6) is -0.00484. The van der Waals surface area contributed by atoms with E-state index < -0.39 is 10.0 Å². The molecule has 6 heteroatoms. The predicted octanol–water partition coefficient (Wildman–Crippen LogP) is 1.94. The van der Waals surface area contributed by atoms with Crippen LogP contribution in [0.3, 0.4) is 0 Å². The largest absolute Gasteiger partial charge is 0.384 e. The fourth-order valence-electron chi connectivity index (χ4n) is 2.05. The van der Waals surface area contributed by atoms with Crippen molar-refractivity contribution in [3.8, 4) is 0 Å². The molecular formula is C13H18ClNO3S. The Labute approximate surface area is 119 Å². The van der Waals surface area contributed by atoms with Gasteiger partial charge in [-0.25, -0.2) is 13.1 Å². The first-order valence-electron chi connectivity index (χ1n) is 6.20. The van der Waals surface area contributed by atoms with Crippen LogP contribution < -0.4 is 4.72 Å². The van der Waals surface area contributed by atoms with Gasteiger partial charge in [0.2, 0.25) is 10.0 Å². The monoisotopic (exact) mass is 303 g/mol. The number of hydrogen-bond acceptors (Lipinski definition) is 3. The van der Waals surface area contributed by atoms with Gasteiger partial charge < -0.3 is 4.74 Å². The van der Waals surface area contributed by atoms with Gasteiger partial charge in [0.25, 0.3) is 0 Å². The van der Waals surface area contributed by atoms with E-state index in [0.29, 0.717) is 11.6 Å². The van der Waals surface area contributed by atoms with Gasteiger partial charge in [0.1, 0.15) is 0 Å². The Bertz CT molecular complexity index is 541. The van der Waals surface area contributed by atoms with Crippen LogP contribution in [0, 0.1) is 0 Å². The first-order chi connectivity index (χ1) is 8.97. The molecule has 0 heterocycles. The maximum absolute atomic E-state index is 11.7. The van der Waals surface area contributed by atoms with E-state index >= 15 is 0 Å². The first kappa shape index (κ1) is 14.8. The molecule has 19 heavy (non-hydrogen) atoms. The maximum atomic E-state index is 11.7. The lowest BCUT2D eigenvalue weighted by Gasteiger charge is -2.17. The molecule has 0 atom stereocenters. The highest BCUT2D eigenvalue weighted by molar-refractivity contribution is 7.89. The van der Waals surface area contributed by atoms with Crippen LogP contribution in [0.5, 0.6) is 0 Å². The summed E-state index contributed by atoms with van der Waals surface area (Å²) in [4.78, 5) is 0. The van der Waals surface area contributed by atoms with Gasteiger partial charge in [0, 0.05) is 24.1 Å². The molecule has 1 fully saturated rings. The molecule has 0 spiro atoms. The van der Waals surface area contributed by atoms with Gasteiger partial charge in [-0.2, -0.15) is 0 Å². The van der Waals surface area contributed by atoms with Crippen molar-refractivity contribution in [2.24, 2.45) is 0 Å². The van der Waals surface area contributed by atoms with Crippen LogP contribution in [0.1, 0.15) is 18.4 Å².